The van der Waals surface area contributed by atoms with Crippen LogP contribution in [0.15, 0.2) is 155 Å². The fourth-order valence-electron chi connectivity index (χ4n) is 6.87. The van der Waals surface area contributed by atoms with Gasteiger partial charge in [0.1, 0.15) is 0 Å². The van der Waals surface area contributed by atoms with Crippen molar-refractivity contribution in [1.29, 1.82) is 0 Å². The highest BCUT2D eigenvalue weighted by Crippen LogP contribution is 2.49. The lowest BCUT2D eigenvalue weighted by atomic mass is 9.91. The highest BCUT2D eigenvalue weighted by atomic mass is 32.2. The highest BCUT2D eigenvalue weighted by Gasteiger charge is 2.20. The molecule has 1 aliphatic heterocycles. The molecule has 1 aliphatic rings. The van der Waals surface area contributed by atoms with Gasteiger partial charge in [0.25, 0.3) is 0 Å². The van der Waals surface area contributed by atoms with Crippen molar-refractivity contribution >= 4 is 44.3 Å². The van der Waals surface area contributed by atoms with Gasteiger partial charge in [0.15, 0.2) is 0 Å². The molecule has 202 valence electrons. The molecule has 0 aliphatic carbocycles. The zero-order valence-corrected chi connectivity index (χ0v) is 24.5. The van der Waals surface area contributed by atoms with E-state index in [-0.39, 0.29) is 0 Å². The Balaban J connectivity index is 1.22. The highest BCUT2D eigenvalue weighted by molar-refractivity contribution is 7.99. The lowest BCUT2D eigenvalue weighted by Gasteiger charge is -2.21. The minimum absolute atomic E-state index is 1.18. The molecule has 1 aromatic heterocycles. The summed E-state index contributed by atoms with van der Waals surface area (Å²) in [6, 6.07) is 53.6. The first-order chi connectivity index (χ1) is 21.2. The number of hydrogen-bond donors (Lipinski definition) is 0. The number of aryl methyl sites for hydroxylation is 1. The van der Waals surface area contributed by atoms with Crippen LogP contribution in [0.25, 0.3) is 71.6 Å². The molecule has 0 saturated heterocycles. The van der Waals surface area contributed by atoms with E-state index in [4.69, 9.17) is 0 Å². The zero-order chi connectivity index (χ0) is 28.5. The first kappa shape index (κ1) is 24.5. The summed E-state index contributed by atoms with van der Waals surface area (Å²) in [6.45, 7) is 2.17. The van der Waals surface area contributed by atoms with Crippen LogP contribution in [-0.4, -0.2) is 4.57 Å². The second-order valence-corrected chi connectivity index (χ2v) is 12.5. The molecule has 2 heterocycles. The third kappa shape index (κ3) is 3.80. The van der Waals surface area contributed by atoms with E-state index in [0.29, 0.717) is 0 Å². The molecule has 0 fully saturated rings. The van der Waals surface area contributed by atoms with Crippen LogP contribution in [0.3, 0.4) is 0 Å². The number of rotatable bonds is 3. The van der Waals surface area contributed by atoms with Gasteiger partial charge >= 0.3 is 0 Å². The Morgan fingerprint density at radius 1 is 0.442 bits per heavy atom. The molecule has 1 nitrogen and oxygen atoms in total. The summed E-state index contributed by atoms with van der Waals surface area (Å²) in [5.74, 6) is 0. The fraction of sp³-hybridized carbons (Fsp3) is 0.0244. The second kappa shape index (κ2) is 9.49. The van der Waals surface area contributed by atoms with Gasteiger partial charge in [-0.25, -0.2) is 0 Å². The van der Waals surface area contributed by atoms with Crippen LogP contribution in [0.1, 0.15) is 5.56 Å². The Hall–Kier alpha value is -5.05. The molecule has 0 unspecified atom stereocenters. The fourth-order valence-corrected chi connectivity index (χ4v) is 8.00. The van der Waals surface area contributed by atoms with Crippen LogP contribution in [-0.2, 0) is 0 Å². The molecule has 0 atom stereocenters. The summed E-state index contributed by atoms with van der Waals surface area (Å²) in [5, 5.41) is 5.24. The normalized spacial score (nSPS) is 12.2. The van der Waals surface area contributed by atoms with Crippen molar-refractivity contribution in [1.82, 2.24) is 4.57 Å². The maximum absolute atomic E-state index is 2.40. The molecule has 2 heteroatoms. The Morgan fingerprint density at radius 3 is 2.16 bits per heavy atom. The van der Waals surface area contributed by atoms with Crippen molar-refractivity contribution < 1.29 is 0 Å². The average Bonchev–Trinajstić information content (AvgIpc) is 3.38. The molecule has 8 aromatic rings. The number of aromatic nitrogens is 1. The summed E-state index contributed by atoms with van der Waals surface area (Å²) in [7, 11) is 0. The van der Waals surface area contributed by atoms with Crippen molar-refractivity contribution in [3.05, 3.63) is 151 Å². The Morgan fingerprint density at radius 2 is 1.23 bits per heavy atom. The van der Waals surface area contributed by atoms with Gasteiger partial charge < -0.3 is 4.57 Å². The number of nitrogens with zero attached hydrogens (tertiary/aromatic N) is 1. The van der Waals surface area contributed by atoms with E-state index in [1.165, 1.54) is 87.0 Å². The Bertz CT molecular complexity index is 2380. The van der Waals surface area contributed by atoms with Crippen molar-refractivity contribution in [3.8, 4) is 39.1 Å². The standard InChI is InChI=1S/C41H27NS/c1-26-17-21-37-36(23-26)32-19-18-28(25-38(32)42(37)30-11-3-2-4-12-30)27-9-7-10-29(24-27)31-20-22-40-41-34(31)14-8-15-35(41)33-13-5-6-16-39(33)43-40/h2-25H,1H3. The van der Waals surface area contributed by atoms with Crippen molar-refractivity contribution in [2.75, 3.05) is 0 Å². The molecule has 0 saturated carbocycles. The minimum atomic E-state index is 1.18. The second-order valence-electron chi connectivity index (χ2n) is 11.4. The molecule has 0 bridgehead atoms. The smallest absolute Gasteiger partial charge is 0.0547 e. The number of hydrogen-bond acceptors (Lipinski definition) is 1. The Labute approximate surface area is 255 Å². The molecular formula is C41H27NS. The first-order valence-corrected chi connectivity index (χ1v) is 15.6. The van der Waals surface area contributed by atoms with Crippen LogP contribution in [0.2, 0.25) is 0 Å². The lowest BCUT2D eigenvalue weighted by Crippen LogP contribution is -1.94. The molecule has 7 aromatic carbocycles. The van der Waals surface area contributed by atoms with Gasteiger partial charge in [-0.2, -0.15) is 0 Å². The predicted octanol–water partition coefficient (Wildman–Crippen LogP) is 11.7. The summed E-state index contributed by atoms with van der Waals surface area (Å²) >= 11 is 1.88. The predicted molar refractivity (Wildman–Crippen MR) is 183 cm³/mol. The monoisotopic (exact) mass is 565 g/mol. The van der Waals surface area contributed by atoms with Gasteiger partial charge in [-0.15, -0.1) is 0 Å². The largest absolute Gasteiger partial charge is 0.309 e. The van der Waals surface area contributed by atoms with Crippen LogP contribution < -0.4 is 0 Å². The summed E-state index contributed by atoms with van der Waals surface area (Å²) in [4.78, 5) is 2.66. The van der Waals surface area contributed by atoms with E-state index in [1.807, 2.05) is 11.8 Å². The zero-order valence-electron chi connectivity index (χ0n) is 23.7. The molecule has 43 heavy (non-hydrogen) atoms. The molecular weight excluding hydrogens is 539 g/mol. The van der Waals surface area contributed by atoms with Crippen molar-refractivity contribution in [2.24, 2.45) is 0 Å². The third-order valence-electron chi connectivity index (χ3n) is 8.84. The third-order valence-corrected chi connectivity index (χ3v) is 9.98. The van der Waals surface area contributed by atoms with E-state index in [1.54, 1.807) is 0 Å². The van der Waals surface area contributed by atoms with Crippen LogP contribution in [0.4, 0.5) is 0 Å². The molecule has 0 radical (unpaired) electrons. The molecule has 0 spiro atoms. The molecule has 9 rings (SSSR count). The molecule has 0 amide bonds. The van der Waals surface area contributed by atoms with Gasteiger partial charge in [0, 0.05) is 31.6 Å². The summed E-state index contributed by atoms with van der Waals surface area (Å²) < 4.78 is 2.40. The lowest BCUT2D eigenvalue weighted by molar-refractivity contribution is 1.18. The van der Waals surface area contributed by atoms with Crippen LogP contribution in [0.5, 0.6) is 0 Å². The maximum atomic E-state index is 2.40. The maximum Gasteiger partial charge on any atom is 0.0547 e. The van der Waals surface area contributed by atoms with E-state index in [2.05, 4.69) is 157 Å². The molecule has 0 N–H and O–H groups in total. The first-order valence-electron chi connectivity index (χ1n) is 14.8. The number of benzene rings is 7. The van der Waals surface area contributed by atoms with Gasteiger partial charge in [0.05, 0.1) is 11.0 Å². The van der Waals surface area contributed by atoms with E-state index in [9.17, 15) is 0 Å². The summed E-state index contributed by atoms with van der Waals surface area (Å²) in [5.41, 5.74) is 12.5. The van der Waals surface area contributed by atoms with Crippen LogP contribution in [0, 0.1) is 6.92 Å². The van der Waals surface area contributed by atoms with Crippen molar-refractivity contribution in [2.45, 2.75) is 16.7 Å². The number of para-hydroxylation sites is 1. The van der Waals surface area contributed by atoms with E-state index < -0.39 is 0 Å². The number of fused-ring (bicyclic) bond motifs is 5. The summed E-state index contributed by atoms with van der Waals surface area (Å²) in [6.07, 6.45) is 0. The Kier molecular flexibility index (Phi) is 5.41. The average molecular weight is 566 g/mol. The van der Waals surface area contributed by atoms with Crippen molar-refractivity contribution in [3.63, 3.8) is 0 Å². The van der Waals surface area contributed by atoms with Crippen LogP contribution >= 0.6 is 11.8 Å². The van der Waals surface area contributed by atoms with Gasteiger partial charge in [0.2, 0.25) is 0 Å². The SMILES string of the molecule is Cc1ccc2c(c1)c1ccc(-c3cccc(-c4ccc5c6c(cccc46)-c4ccccc4S5)c3)cc1n2-c1ccccc1. The van der Waals surface area contributed by atoms with E-state index >= 15 is 0 Å². The van der Waals surface area contributed by atoms with E-state index in [0.717, 1.165) is 0 Å². The topological polar surface area (TPSA) is 4.93 Å². The van der Waals surface area contributed by atoms with Gasteiger partial charge in [-0.3, -0.25) is 0 Å². The quantitative estimate of drug-likeness (QED) is 0.206. The van der Waals surface area contributed by atoms with Gasteiger partial charge in [-0.1, -0.05) is 114 Å². The minimum Gasteiger partial charge on any atom is -0.309 e. The van der Waals surface area contributed by atoms with Gasteiger partial charge in [-0.05, 0) is 94.2 Å².